The highest BCUT2D eigenvalue weighted by molar-refractivity contribution is 6.73. The van der Waals surface area contributed by atoms with Crippen LogP contribution in [0.3, 0.4) is 0 Å². The van der Waals surface area contributed by atoms with Crippen LogP contribution in [0.25, 0.3) is 106 Å². The van der Waals surface area contributed by atoms with Gasteiger partial charge in [0.25, 0.3) is 0 Å². The molecule has 0 bridgehead atoms. The van der Waals surface area contributed by atoms with Gasteiger partial charge in [0.1, 0.15) is 133 Å². The SMILES string of the molecule is Bc1c(B)c(B)c(-c2c(B)c(B)c(-c3cc(-c4ccc(-c5ccc(-c6ccc(-n7c8c(B)c(B)c(B)c(B)c8c8c(B)c(B)c(B)c(B)c87)cc6)cc5)c5ccccc45)nc(-c4ccccc4)n3)c(B)c2B)c(B)c1B. The molecule has 0 aliphatic rings. The lowest BCUT2D eigenvalue weighted by molar-refractivity contribution is 1.19. The standard InChI is InChI=1S/C56H54B17N3/c57-37-32(38(58)40(60)33(39(37)59)34-41(61)45(65)49(69)46(66)42(34)62)31-20-30(74-56(75-31)24-6-2-1-3-7-24)29-19-18-26(27-8-4-5-9-28(27)29)23-12-10-21(11-13-23)22-14-16-25(17-15-22)76-54-35(43(63)47(67)50(70)52(54)72)36-44(64)48(68)51(71)53(73)55(36)76/h1-20H,57-73H2. The van der Waals surface area contributed by atoms with Gasteiger partial charge in [-0.3, -0.25) is 0 Å². The first kappa shape index (κ1) is 51.3. The number of benzene rings is 9. The van der Waals surface area contributed by atoms with Crippen molar-refractivity contribution in [1.82, 2.24) is 14.5 Å². The molecule has 0 aliphatic heterocycles. The summed E-state index contributed by atoms with van der Waals surface area (Å²) in [5.41, 5.74) is 39.4. The van der Waals surface area contributed by atoms with E-state index in [1.807, 2.05) is 0 Å². The maximum absolute atomic E-state index is 5.41. The van der Waals surface area contributed by atoms with Gasteiger partial charge in [0.2, 0.25) is 0 Å². The summed E-state index contributed by atoms with van der Waals surface area (Å²) in [6.07, 6.45) is 0. The van der Waals surface area contributed by atoms with Crippen LogP contribution in [0.2, 0.25) is 0 Å². The highest BCUT2D eigenvalue weighted by atomic mass is 15.0. The van der Waals surface area contributed by atoms with Crippen molar-refractivity contribution in [2.45, 2.75) is 0 Å². The molecule has 9 aromatic carbocycles. The van der Waals surface area contributed by atoms with Crippen LogP contribution in [-0.4, -0.2) is 148 Å². The first-order valence-corrected chi connectivity index (χ1v) is 27.2. The minimum absolute atomic E-state index is 0.723. The molecule has 0 saturated heterocycles. The zero-order valence-corrected chi connectivity index (χ0v) is 47.9. The number of hydrogen-bond donors (Lipinski definition) is 0. The third-order valence-electron chi connectivity index (χ3n) is 18.8. The molecular weight excluding hydrogens is 898 g/mol. The Labute approximate surface area is 464 Å². The third-order valence-corrected chi connectivity index (χ3v) is 18.8. The number of hydrogen-bond acceptors (Lipinski definition) is 2. The number of aromatic nitrogens is 3. The van der Waals surface area contributed by atoms with Crippen molar-refractivity contribution in [2.24, 2.45) is 0 Å². The van der Waals surface area contributed by atoms with Crippen LogP contribution in [0.1, 0.15) is 0 Å². The van der Waals surface area contributed by atoms with Gasteiger partial charge < -0.3 is 4.57 Å². The number of fused-ring (bicyclic) bond motifs is 4. The van der Waals surface area contributed by atoms with Gasteiger partial charge in [-0.15, -0.1) is 27.3 Å². The second kappa shape index (κ2) is 19.4. The molecule has 76 heavy (non-hydrogen) atoms. The topological polar surface area (TPSA) is 30.7 Å². The summed E-state index contributed by atoms with van der Waals surface area (Å²) >= 11 is 0. The van der Waals surface area contributed by atoms with Gasteiger partial charge in [-0.1, -0.05) is 169 Å². The summed E-state index contributed by atoms with van der Waals surface area (Å²) < 4.78 is 2.55. The summed E-state index contributed by atoms with van der Waals surface area (Å²) in [6.45, 7) is 0. The van der Waals surface area contributed by atoms with Crippen molar-refractivity contribution in [1.29, 1.82) is 0 Å². The van der Waals surface area contributed by atoms with Gasteiger partial charge in [0.05, 0.1) is 11.4 Å². The second-order valence-corrected chi connectivity index (χ2v) is 22.2. The summed E-state index contributed by atoms with van der Waals surface area (Å²) in [5, 5.41) is 5.13. The van der Waals surface area contributed by atoms with Gasteiger partial charge >= 0.3 is 0 Å². The summed E-state index contributed by atoms with van der Waals surface area (Å²) in [7, 11) is 39.0. The predicted molar refractivity (Wildman–Crippen MR) is 386 cm³/mol. The van der Waals surface area contributed by atoms with Crippen molar-refractivity contribution >= 4 is 259 Å². The minimum atomic E-state index is 0.723. The molecule has 11 rings (SSSR count). The zero-order chi connectivity index (χ0) is 53.9. The van der Waals surface area contributed by atoms with Crippen LogP contribution in [0.5, 0.6) is 0 Å². The zero-order valence-electron chi connectivity index (χ0n) is 47.9. The minimum Gasteiger partial charge on any atom is -0.310 e. The maximum atomic E-state index is 5.41. The molecule has 2 heterocycles. The molecule has 0 saturated carbocycles. The van der Waals surface area contributed by atoms with E-state index in [1.165, 1.54) is 165 Å². The highest BCUT2D eigenvalue weighted by Crippen LogP contribution is 2.38. The molecule has 0 amide bonds. The van der Waals surface area contributed by atoms with Crippen molar-refractivity contribution < 1.29 is 0 Å². The Hall–Kier alpha value is -6.78. The highest BCUT2D eigenvalue weighted by Gasteiger charge is 2.25. The molecule has 0 N–H and O–H groups in total. The molecule has 0 atom stereocenters. The van der Waals surface area contributed by atoms with Crippen molar-refractivity contribution in [3.8, 4) is 73.0 Å². The smallest absolute Gasteiger partial charge is 0.160 e. The molecule has 20 heteroatoms. The monoisotopic (exact) mass is 956 g/mol. The maximum Gasteiger partial charge on any atom is 0.160 e. The van der Waals surface area contributed by atoms with E-state index in [1.54, 1.807) is 0 Å². The fourth-order valence-corrected chi connectivity index (χ4v) is 12.9. The Kier molecular flexibility index (Phi) is 13.1. The van der Waals surface area contributed by atoms with Crippen LogP contribution in [-0.2, 0) is 0 Å². The van der Waals surface area contributed by atoms with E-state index >= 15 is 0 Å². The molecule has 0 radical (unpaired) electrons. The molecule has 0 spiro atoms. The normalized spacial score (nSPS) is 11.5. The van der Waals surface area contributed by atoms with Gasteiger partial charge in [0.15, 0.2) is 5.82 Å². The van der Waals surface area contributed by atoms with Gasteiger partial charge in [-0.25, -0.2) is 9.97 Å². The van der Waals surface area contributed by atoms with E-state index in [0.29, 0.717) is 0 Å². The third kappa shape index (κ3) is 7.90. The molecule has 3 nitrogen and oxygen atoms in total. The average molecular weight is 953 g/mol. The lowest BCUT2D eigenvalue weighted by Crippen LogP contribution is -2.57. The van der Waals surface area contributed by atoms with Crippen LogP contribution in [0.15, 0.2) is 121 Å². The Balaban J connectivity index is 0.989. The fourth-order valence-electron chi connectivity index (χ4n) is 12.9. The van der Waals surface area contributed by atoms with E-state index in [2.05, 4.69) is 259 Å². The van der Waals surface area contributed by atoms with Crippen molar-refractivity contribution in [3.05, 3.63) is 121 Å². The Morgan fingerprint density at radius 3 is 1.16 bits per heavy atom. The lowest BCUT2D eigenvalue weighted by Gasteiger charge is -2.27. The predicted octanol–water partition coefficient (Wildman–Crippen LogP) is -14.9. The molecule has 0 fully saturated rings. The number of rotatable bonds is 7. The fraction of sp³-hybridized carbons (Fsp3) is 0. The number of nitrogens with zero attached hydrogens (tertiary/aromatic N) is 3. The molecule has 2 aromatic heterocycles. The van der Waals surface area contributed by atoms with Crippen LogP contribution < -0.4 is 92.9 Å². The van der Waals surface area contributed by atoms with E-state index in [4.69, 9.17) is 9.97 Å². The van der Waals surface area contributed by atoms with Gasteiger partial charge in [-0.05, 0) is 78.7 Å². The van der Waals surface area contributed by atoms with Gasteiger partial charge in [0, 0.05) is 27.8 Å². The second-order valence-electron chi connectivity index (χ2n) is 22.2. The Morgan fingerprint density at radius 2 is 0.645 bits per heavy atom. The van der Waals surface area contributed by atoms with Crippen molar-refractivity contribution in [2.75, 3.05) is 0 Å². The Morgan fingerprint density at radius 1 is 0.276 bits per heavy atom. The van der Waals surface area contributed by atoms with E-state index in [9.17, 15) is 0 Å². The van der Waals surface area contributed by atoms with E-state index < -0.39 is 0 Å². The average Bonchev–Trinajstić information content (AvgIpc) is 3.99. The van der Waals surface area contributed by atoms with Crippen LogP contribution >= 0.6 is 0 Å². The van der Waals surface area contributed by atoms with Crippen LogP contribution in [0, 0.1) is 0 Å². The molecule has 0 aliphatic carbocycles. The first-order valence-electron chi connectivity index (χ1n) is 27.2. The van der Waals surface area contributed by atoms with Crippen LogP contribution in [0.4, 0.5) is 0 Å². The Bertz CT molecular complexity index is 4160. The molecular formula is C56H54B17N3. The molecule has 0 unspecified atom stereocenters. The van der Waals surface area contributed by atoms with Gasteiger partial charge in [-0.2, -0.15) is 0 Å². The summed E-state index contributed by atoms with van der Waals surface area (Å²) in [5.74, 6) is 0.723. The molecule has 11 aromatic rings. The lowest BCUT2D eigenvalue weighted by atomic mass is 9.56. The van der Waals surface area contributed by atoms with Crippen molar-refractivity contribution in [3.63, 3.8) is 0 Å². The first-order chi connectivity index (χ1) is 36.3. The largest absolute Gasteiger partial charge is 0.310 e. The summed E-state index contributed by atoms with van der Waals surface area (Å²) in [6, 6.07) is 44.4. The molecule has 344 valence electrons. The van der Waals surface area contributed by atoms with E-state index in [0.717, 1.165) is 33.7 Å². The van der Waals surface area contributed by atoms with E-state index in [-0.39, 0.29) is 0 Å². The summed E-state index contributed by atoms with van der Waals surface area (Å²) in [4.78, 5) is 10.8. The quantitative estimate of drug-likeness (QED) is 0.149.